The molecular formula is C39H41F5N4O3. The first-order valence-electron chi connectivity index (χ1n) is 16.9. The molecule has 51 heavy (non-hydrogen) atoms. The number of aliphatic hydroxyl groups excluding tert-OH is 1. The molecule has 0 radical (unpaired) electrons. The van der Waals surface area contributed by atoms with Crippen molar-refractivity contribution in [2.24, 2.45) is 0 Å². The van der Waals surface area contributed by atoms with Gasteiger partial charge in [-0.05, 0) is 73.2 Å². The Balaban J connectivity index is 1.37. The minimum atomic E-state index is -4.53. The van der Waals surface area contributed by atoms with E-state index in [4.69, 9.17) is 0 Å². The molecule has 1 aliphatic carbocycles. The molecule has 0 bridgehead atoms. The van der Waals surface area contributed by atoms with Crippen LogP contribution in [0.3, 0.4) is 0 Å². The zero-order valence-corrected chi connectivity index (χ0v) is 28.4. The van der Waals surface area contributed by atoms with Crippen LogP contribution in [0.1, 0.15) is 88.0 Å². The van der Waals surface area contributed by atoms with Gasteiger partial charge in [-0.1, -0.05) is 61.7 Å². The second kappa shape index (κ2) is 16.1. The van der Waals surface area contributed by atoms with E-state index in [-0.39, 0.29) is 41.6 Å². The molecular weight excluding hydrogens is 667 g/mol. The number of amides is 2. The average Bonchev–Trinajstić information content (AvgIpc) is 3.12. The van der Waals surface area contributed by atoms with E-state index in [1.54, 1.807) is 13.1 Å². The Hall–Kier alpha value is -4.68. The number of hydrogen-bond donors (Lipinski definition) is 3. The quantitative estimate of drug-likeness (QED) is 0.134. The van der Waals surface area contributed by atoms with E-state index < -0.39 is 47.0 Å². The zero-order chi connectivity index (χ0) is 36.8. The van der Waals surface area contributed by atoms with E-state index >= 15 is 0 Å². The number of benzene rings is 3. The molecule has 3 aromatic carbocycles. The number of carbonyl (C=O) groups is 2. The summed E-state index contributed by atoms with van der Waals surface area (Å²) in [6.45, 7) is 1.72. The number of aliphatic hydroxyl groups is 1. The number of nitrogens with one attached hydrogen (secondary N) is 2. The zero-order valence-electron chi connectivity index (χ0n) is 28.4. The molecule has 1 heterocycles. The largest absolute Gasteiger partial charge is 0.416 e. The third kappa shape index (κ3) is 9.36. The van der Waals surface area contributed by atoms with Crippen molar-refractivity contribution in [2.45, 2.75) is 75.4 Å². The average molecular weight is 709 g/mol. The molecule has 1 aliphatic rings. The summed E-state index contributed by atoms with van der Waals surface area (Å²) in [5.74, 6) is -2.74. The number of pyridine rings is 1. The van der Waals surface area contributed by atoms with E-state index in [0.29, 0.717) is 24.5 Å². The van der Waals surface area contributed by atoms with Crippen LogP contribution in [0.2, 0.25) is 0 Å². The number of rotatable bonds is 12. The van der Waals surface area contributed by atoms with Gasteiger partial charge >= 0.3 is 6.18 Å². The molecule has 0 spiro atoms. The molecule has 3 N–H and O–H groups in total. The summed E-state index contributed by atoms with van der Waals surface area (Å²) in [5, 5.41) is 17.6. The van der Waals surface area contributed by atoms with Crippen molar-refractivity contribution in [3.8, 4) is 0 Å². The van der Waals surface area contributed by atoms with Crippen molar-refractivity contribution in [2.75, 3.05) is 13.6 Å². The van der Waals surface area contributed by atoms with Crippen LogP contribution in [0, 0.1) is 11.6 Å². The maximum Gasteiger partial charge on any atom is 0.416 e. The Morgan fingerprint density at radius 1 is 0.902 bits per heavy atom. The lowest BCUT2D eigenvalue weighted by Gasteiger charge is -2.40. The molecule has 1 aromatic heterocycles. The molecule has 1 saturated carbocycles. The van der Waals surface area contributed by atoms with Crippen LogP contribution in [0.15, 0.2) is 91.3 Å². The summed E-state index contributed by atoms with van der Waals surface area (Å²) in [6.07, 6.45) is 0.0145. The lowest BCUT2D eigenvalue weighted by Crippen LogP contribution is -2.53. The number of hydrogen-bond acceptors (Lipinski definition) is 5. The van der Waals surface area contributed by atoms with Crippen LogP contribution in [0.5, 0.6) is 0 Å². The molecule has 1 fully saturated rings. The summed E-state index contributed by atoms with van der Waals surface area (Å²) >= 11 is 0. The Labute approximate surface area is 293 Å². The minimum absolute atomic E-state index is 0.0184. The van der Waals surface area contributed by atoms with Crippen molar-refractivity contribution in [3.05, 3.63) is 136 Å². The number of aromatic nitrogens is 1. The summed E-state index contributed by atoms with van der Waals surface area (Å²) in [7, 11) is 1.64. The van der Waals surface area contributed by atoms with E-state index in [1.807, 2.05) is 37.3 Å². The third-order valence-electron chi connectivity index (χ3n) is 9.69. The van der Waals surface area contributed by atoms with Crippen LogP contribution in [-0.2, 0) is 18.1 Å². The van der Waals surface area contributed by atoms with Gasteiger partial charge in [-0.15, -0.1) is 0 Å². The van der Waals surface area contributed by atoms with Crippen molar-refractivity contribution in [1.82, 2.24) is 20.5 Å². The van der Waals surface area contributed by atoms with Gasteiger partial charge in [0.05, 0.1) is 34.9 Å². The van der Waals surface area contributed by atoms with Crippen molar-refractivity contribution in [1.29, 1.82) is 0 Å². The van der Waals surface area contributed by atoms with E-state index in [1.165, 1.54) is 29.4 Å². The normalized spacial score (nSPS) is 16.2. The number of alkyl halides is 3. The lowest BCUT2D eigenvalue weighted by atomic mass is 9.76. The first-order valence-corrected chi connectivity index (χ1v) is 16.9. The van der Waals surface area contributed by atoms with Crippen LogP contribution in [0.4, 0.5) is 22.0 Å². The summed E-state index contributed by atoms with van der Waals surface area (Å²) in [5.41, 5.74) is 0.0423. The molecule has 0 unspecified atom stereocenters. The van der Waals surface area contributed by atoms with Crippen molar-refractivity contribution < 1.29 is 36.6 Å². The second-order valence-corrected chi connectivity index (χ2v) is 13.2. The topological polar surface area (TPSA) is 94.6 Å². The fourth-order valence-electron chi connectivity index (χ4n) is 6.69. The fourth-order valence-corrected chi connectivity index (χ4v) is 6.69. The first kappa shape index (κ1) is 37.6. The number of carbonyl (C=O) groups excluding carboxylic acids is 2. The smallest absolute Gasteiger partial charge is 0.390 e. The van der Waals surface area contributed by atoms with E-state index in [0.717, 1.165) is 49.1 Å². The van der Waals surface area contributed by atoms with Crippen LogP contribution in [0.25, 0.3) is 0 Å². The molecule has 0 aliphatic heterocycles. The molecule has 270 valence electrons. The number of halogens is 5. The molecule has 0 saturated heterocycles. The Bertz CT molecular complexity index is 1790. The van der Waals surface area contributed by atoms with Gasteiger partial charge in [-0.25, -0.2) is 8.78 Å². The van der Waals surface area contributed by atoms with Gasteiger partial charge in [-0.3, -0.25) is 14.6 Å². The Morgan fingerprint density at radius 2 is 1.57 bits per heavy atom. The highest BCUT2D eigenvalue weighted by atomic mass is 19.4. The van der Waals surface area contributed by atoms with Crippen molar-refractivity contribution >= 4 is 11.8 Å². The highest BCUT2D eigenvalue weighted by Crippen LogP contribution is 2.39. The van der Waals surface area contributed by atoms with Gasteiger partial charge in [0.25, 0.3) is 11.8 Å². The highest BCUT2D eigenvalue weighted by molar-refractivity contribution is 5.99. The minimum Gasteiger partial charge on any atom is -0.390 e. The van der Waals surface area contributed by atoms with Crippen LogP contribution < -0.4 is 10.6 Å². The van der Waals surface area contributed by atoms with Gasteiger partial charge < -0.3 is 20.6 Å². The van der Waals surface area contributed by atoms with E-state index in [2.05, 4.69) is 15.6 Å². The van der Waals surface area contributed by atoms with Gasteiger partial charge in [-0.2, -0.15) is 13.2 Å². The molecule has 4 aromatic rings. The molecule has 5 rings (SSSR count). The maximum absolute atomic E-state index is 14.2. The lowest BCUT2D eigenvalue weighted by molar-refractivity contribution is -0.137. The SMILES string of the molecule is C[C@H](c1ccccc1)N(C)C(=O)c1cncc(C(=O)N[C@@H](Cc2cc(F)cc(F)c2)[C@H](O)CNC2(c3cccc(C(F)(F)F)c3)CCCCC2)c1. The molecule has 2 amide bonds. The summed E-state index contributed by atoms with van der Waals surface area (Å²) < 4.78 is 69.3. The monoisotopic (exact) mass is 708 g/mol. The number of nitrogens with zero attached hydrogens (tertiary/aromatic N) is 2. The second-order valence-electron chi connectivity index (χ2n) is 13.2. The predicted molar refractivity (Wildman–Crippen MR) is 183 cm³/mol. The standard InChI is InChI=1S/C39H41F5N4O3/c1-25(27-10-5-3-6-11-27)48(2)37(51)29-19-28(22-45-23-29)36(50)47-34(18-26-16-32(40)21-33(41)17-26)35(49)24-46-38(14-7-4-8-15-38)30-12-9-13-31(20-30)39(42,43)44/h3,5-6,9-13,16-17,19-23,25,34-35,46,49H,4,7-8,14-15,18,24H2,1-2H3,(H,47,50)/t25-,34+,35-/m1/s1. The first-order chi connectivity index (χ1) is 24.3. The predicted octanol–water partition coefficient (Wildman–Crippen LogP) is 7.36. The van der Waals surface area contributed by atoms with Gasteiger partial charge in [0.15, 0.2) is 0 Å². The molecule has 12 heteroatoms. The summed E-state index contributed by atoms with van der Waals surface area (Å²) in [4.78, 5) is 32.7. The Morgan fingerprint density at radius 3 is 2.24 bits per heavy atom. The maximum atomic E-state index is 14.2. The van der Waals surface area contributed by atoms with E-state index in [9.17, 15) is 36.6 Å². The van der Waals surface area contributed by atoms with Crippen molar-refractivity contribution in [3.63, 3.8) is 0 Å². The van der Waals surface area contributed by atoms with Gasteiger partial charge in [0, 0.05) is 37.6 Å². The van der Waals surface area contributed by atoms with Crippen LogP contribution in [-0.4, -0.2) is 52.5 Å². The molecule has 3 atom stereocenters. The van der Waals surface area contributed by atoms with Gasteiger partial charge in [0.2, 0.25) is 0 Å². The summed E-state index contributed by atoms with van der Waals surface area (Å²) in [6, 6.07) is 17.4. The highest BCUT2D eigenvalue weighted by Gasteiger charge is 2.38. The van der Waals surface area contributed by atoms with Crippen LogP contribution >= 0.6 is 0 Å². The fraction of sp³-hybridized carbons (Fsp3) is 0.359. The third-order valence-corrected chi connectivity index (χ3v) is 9.69. The Kier molecular flexibility index (Phi) is 11.9. The molecule has 7 nitrogen and oxygen atoms in total. The van der Waals surface area contributed by atoms with Gasteiger partial charge in [0.1, 0.15) is 11.6 Å².